The van der Waals surface area contributed by atoms with Crippen molar-refractivity contribution in [2.45, 2.75) is 33.6 Å². The van der Waals surface area contributed by atoms with Crippen molar-refractivity contribution in [3.63, 3.8) is 0 Å². The molecule has 2 aliphatic rings. The summed E-state index contributed by atoms with van der Waals surface area (Å²) in [5.41, 5.74) is 2.29. The van der Waals surface area contributed by atoms with E-state index in [1.54, 1.807) is 4.90 Å². The maximum Gasteiger partial charge on any atom is 0.234 e. The zero-order chi connectivity index (χ0) is 14.3. The summed E-state index contributed by atoms with van der Waals surface area (Å²) in [4.78, 5) is 18.3. The number of amidine groups is 1. The smallest absolute Gasteiger partial charge is 0.234 e. The van der Waals surface area contributed by atoms with Crippen LogP contribution in [0.1, 0.15) is 32.8 Å². The van der Waals surface area contributed by atoms with Gasteiger partial charge in [-0.15, -0.1) is 0 Å². The number of hydrogen-bond donors (Lipinski definition) is 0. The molecule has 106 valence electrons. The van der Waals surface area contributed by atoms with Crippen LogP contribution >= 0.6 is 0 Å². The normalized spacial score (nSPS) is 18.1. The molecule has 0 saturated carbocycles. The molecule has 0 aromatic heterocycles. The summed E-state index contributed by atoms with van der Waals surface area (Å²) >= 11 is 0. The Labute approximate surface area is 119 Å². The molecule has 0 N–H and O–H groups in total. The lowest BCUT2D eigenvalue weighted by Crippen LogP contribution is -2.46. The van der Waals surface area contributed by atoms with Gasteiger partial charge in [-0.3, -0.25) is 14.7 Å². The van der Waals surface area contributed by atoms with E-state index in [4.69, 9.17) is 4.74 Å². The minimum atomic E-state index is 0.118. The summed E-state index contributed by atoms with van der Waals surface area (Å²) in [6, 6.07) is 6.12. The fourth-order valence-electron chi connectivity index (χ4n) is 2.72. The molecule has 20 heavy (non-hydrogen) atoms. The number of ether oxygens (including phenoxy) is 1. The predicted molar refractivity (Wildman–Crippen MR) is 79.5 cm³/mol. The molecule has 2 aliphatic heterocycles. The minimum absolute atomic E-state index is 0.118. The number of amides is 1. The number of aliphatic imine (C=N–C) groups is 1. The van der Waals surface area contributed by atoms with Gasteiger partial charge in [0.2, 0.25) is 5.91 Å². The van der Waals surface area contributed by atoms with Crippen molar-refractivity contribution in [3.05, 3.63) is 23.8 Å². The first-order chi connectivity index (χ1) is 9.44. The highest BCUT2D eigenvalue weighted by Gasteiger charge is 2.31. The van der Waals surface area contributed by atoms with Crippen LogP contribution in [0.5, 0.6) is 5.75 Å². The number of carbonyl (C=O) groups excluding carboxylic acids is 1. The summed E-state index contributed by atoms with van der Waals surface area (Å²) in [7, 11) is 0. The van der Waals surface area contributed by atoms with Crippen LogP contribution in [-0.2, 0) is 11.2 Å². The van der Waals surface area contributed by atoms with E-state index in [-0.39, 0.29) is 11.3 Å². The molecule has 0 aliphatic carbocycles. The van der Waals surface area contributed by atoms with Crippen molar-refractivity contribution in [2.24, 2.45) is 10.4 Å². The Hall–Kier alpha value is -1.84. The molecular weight excluding hydrogens is 252 g/mol. The Morgan fingerprint density at radius 1 is 1.35 bits per heavy atom. The van der Waals surface area contributed by atoms with Crippen LogP contribution in [0.3, 0.4) is 0 Å². The van der Waals surface area contributed by atoms with Gasteiger partial charge in [0.15, 0.2) is 0 Å². The van der Waals surface area contributed by atoms with E-state index in [1.807, 2.05) is 6.07 Å². The summed E-state index contributed by atoms with van der Waals surface area (Å²) in [5.74, 6) is 1.63. The van der Waals surface area contributed by atoms with Gasteiger partial charge < -0.3 is 4.74 Å². The minimum Gasteiger partial charge on any atom is -0.483 e. The summed E-state index contributed by atoms with van der Waals surface area (Å²) in [5, 5.41) is 0. The lowest BCUT2D eigenvalue weighted by molar-refractivity contribution is -0.117. The number of nitrogens with zero attached hydrogens (tertiary/aromatic N) is 2. The SMILES string of the molecule is CC(C)(C)Cc1ccc2c(c1)N1C(=O)CCN=C1CO2. The van der Waals surface area contributed by atoms with E-state index in [9.17, 15) is 4.79 Å². The molecule has 4 nitrogen and oxygen atoms in total. The van der Waals surface area contributed by atoms with E-state index in [2.05, 4.69) is 37.9 Å². The highest BCUT2D eigenvalue weighted by atomic mass is 16.5. The molecule has 0 bridgehead atoms. The third-order valence-corrected chi connectivity index (χ3v) is 3.48. The van der Waals surface area contributed by atoms with E-state index >= 15 is 0 Å². The second kappa shape index (κ2) is 4.62. The van der Waals surface area contributed by atoms with E-state index < -0.39 is 0 Å². The van der Waals surface area contributed by atoms with E-state index in [1.165, 1.54) is 5.56 Å². The van der Waals surface area contributed by atoms with Crippen molar-refractivity contribution >= 4 is 17.4 Å². The van der Waals surface area contributed by atoms with E-state index in [0.717, 1.165) is 23.7 Å². The Morgan fingerprint density at radius 3 is 2.90 bits per heavy atom. The Kier molecular flexibility index (Phi) is 3.04. The van der Waals surface area contributed by atoms with Crippen LogP contribution in [-0.4, -0.2) is 24.9 Å². The maximum absolute atomic E-state index is 12.2. The fourth-order valence-corrected chi connectivity index (χ4v) is 2.72. The van der Waals surface area contributed by atoms with Crippen LogP contribution in [0, 0.1) is 5.41 Å². The van der Waals surface area contributed by atoms with Gasteiger partial charge >= 0.3 is 0 Å². The number of fused-ring (bicyclic) bond motifs is 3. The predicted octanol–water partition coefficient (Wildman–Crippen LogP) is 2.80. The Balaban J connectivity index is 2.01. The number of carbonyl (C=O) groups is 1. The molecule has 3 rings (SSSR count). The number of hydrogen-bond acceptors (Lipinski definition) is 3. The van der Waals surface area contributed by atoms with Crippen LogP contribution in [0.25, 0.3) is 0 Å². The first-order valence-electron chi connectivity index (χ1n) is 7.06. The van der Waals surface area contributed by atoms with Gasteiger partial charge in [0.05, 0.1) is 5.69 Å². The van der Waals surface area contributed by atoms with Gasteiger partial charge in [0.25, 0.3) is 0 Å². The van der Waals surface area contributed by atoms with Crippen LogP contribution < -0.4 is 9.64 Å². The summed E-state index contributed by atoms with van der Waals surface area (Å²) in [6.07, 6.45) is 1.45. The molecule has 2 heterocycles. The molecule has 4 heteroatoms. The van der Waals surface area contributed by atoms with Gasteiger partial charge in [0, 0.05) is 13.0 Å². The van der Waals surface area contributed by atoms with E-state index in [0.29, 0.717) is 19.6 Å². The third-order valence-electron chi connectivity index (χ3n) is 3.48. The third kappa shape index (κ3) is 2.42. The molecule has 0 saturated heterocycles. The zero-order valence-electron chi connectivity index (χ0n) is 12.3. The number of benzene rings is 1. The molecular formula is C16H20N2O2. The molecule has 1 aromatic rings. The highest BCUT2D eigenvalue weighted by Crippen LogP contribution is 2.36. The van der Waals surface area contributed by atoms with Gasteiger partial charge in [-0.2, -0.15) is 0 Å². The molecule has 1 amide bonds. The van der Waals surface area contributed by atoms with Crippen LogP contribution in [0.15, 0.2) is 23.2 Å². The molecule has 1 aromatic carbocycles. The lowest BCUT2D eigenvalue weighted by atomic mass is 9.88. The van der Waals surface area contributed by atoms with Crippen molar-refractivity contribution in [1.82, 2.24) is 0 Å². The van der Waals surface area contributed by atoms with Crippen LogP contribution in [0.2, 0.25) is 0 Å². The van der Waals surface area contributed by atoms with Crippen molar-refractivity contribution in [1.29, 1.82) is 0 Å². The second-order valence-corrected chi connectivity index (χ2v) is 6.61. The monoisotopic (exact) mass is 272 g/mol. The Bertz CT molecular complexity index is 585. The lowest BCUT2D eigenvalue weighted by Gasteiger charge is -2.33. The molecule has 0 fully saturated rings. The topological polar surface area (TPSA) is 41.9 Å². The van der Waals surface area contributed by atoms with Crippen molar-refractivity contribution in [3.8, 4) is 5.75 Å². The maximum atomic E-state index is 12.2. The largest absolute Gasteiger partial charge is 0.483 e. The molecule has 0 atom stereocenters. The molecule has 0 radical (unpaired) electrons. The quantitative estimate of drug-likeness (QED) is 0.789. The van der Waals surface area contributed by atoms with Crippen LogP contribution in [0.4, 0.5) is 5.69 Å². The average molecular weight is 272 g/mol. The highest BCUT2D eigenvalue weighted by molar-refractivity contribution is 6.20. The van der Waals surface area contributed by atoms with Gasteiger partial charge in [-0.1, -0.05) is 26.8 Å². The summed E-state index contributed by atoms with van der Waals surface area (Å²) < 4.78 is 5.70. The van der Waals surface area contributed by atoms with Crippen molar-refractivity contribution < 1.29 is 9.53 Å². The van der Waals surface area contributed by atoms with Gasteiger partial charge in [0.1, 0.15) is 18.2 Å². The zero-order valence-corrected chi connectivity index (χ0v) is 12.3. The summed E-state index contributed by atoms with van der Waals surface area (Å²) in [6.45, 7) is 7.59. The first-order valence-corrected chi connectivity index (χ1v) is 7.06. The number of anilines is 1. The molecule has 0 unspecified atom stereocenters. The number of rotatable bonds is 1. The van der Waals surface area contributed by atoms with Gasteiger partial charge in [-0.05, 0) is 29.5 Å². The van der Waals surface area contributed by atoms with Crippen molar-refractivity contribution in [2.75, 3.05) is 18.1 Å². The molecule has 0 spiro atoms. The van der Waals surface area contributed by atoms with Gasteiger partial charge in [-0.25, -0.2) is 0 Å². The average Bonchev–Trinajstić information content (AvgIpc) is 2.36. The second-order valence-electron chi connectivity index (χ2n) is 6.61. The fraction of sp³-hybridized carbons (Fsp3) is 0.500. The first kappa shape index (κ1) is 13.2. The Morgan fingerprint density at radius 2 is 2.15 bits per heavy atom. The standard InChI is InChI=1S/C16H20N2O2/c1-16(2,3)9-11-4-5-13-12(8-11)18-14(10-20-13)17-7-6-15(18)19/h4-5,8H,6-7,9-10H2,1-3H3.